The molecular weight excluding hydrogens is 344 g/mol. The van der Waals surface area contributed by atoms with Crippen LogP contribution in [0.2, 0.25) is 0 Å². The summed E-state index contributed by atoms with van der Waals surface area (Å²) in [7, 11) is 0. The van der Waals surface area contributed by atoms with Crippen LogP contribution in [0.4, 0.5) is 0 Å². The molecule has 2 N–H and O–H groups in total. The van der Waals surface area contributed by atoms with Crippen LogP contribution in [0.15, 0.2) is 18.2 Å². The maximum Gasteiger partial charge on any atom is 0.242 e. The van der Waals surface area contributed by atoms with Gasteiger partial charge in [0.05, 0.1) is 5.41 Å². The molecule has 0 radical (unpaired) electrons. The molecule has 2 unspecified atom stereocenters. The van der Waals surface area contributed by atoms with Gasteiger partial charge in [-0.05, 0) is 50.8 Å². The van der Waals surface area contributed by atoms with Crippen LogP contribution < -0.4 is 20.1 Å². The number of nitrogens with one attached hydrogen (secondary N) is 2. The van der Waals surface area contributed by atoms with Crippen molar-refractivity contribution < 1.29 is 19.1 Å². The van der Waals surface area contributed by atoms with Gasteiger partial charge in [0, 0.05) is 6.04 Å². The van der Waals surface area contributed by atoms with E-state index >= 15 is 0 Å². The third-order valence-corrected chi connectivity index (χ3v) is 5.81. The summed E-state index contributed by atoms with van der Waals surface area (Å²) in [6, 6.07) is 5.29. The van der Waals surface area contributed by atoms with Gasteiger partial charge in [-0.3, -0.25) is 9.59 Å². The van der Waals surface area contributed by atoms with Crippen molar-refractivity contribution >= 4 is 11.8 Å². The topological polar surface area (TPSA) is 76.7 Å². The Morgan fingerprint density at radius 2 is 1.78 bits per heavy atom. The average Bonchev–Trinajstić information content (AvgIpc) is 3.16. The Bertz CT molecular complexity index is 697. The maximum absolute atomic E-state index is 13.3. The summed E-state index contributed by atoms with van der Waals surface area (Å²) in [4.78, 5) is 25.7. The van der Waals surface area contributed by atoms with Gasteiger partial charge in [-0.15, -0.1) is 0 Å². The zero-order valence-corrected chi connectivity index (χ0v) is 16.5. The second-order valence-corrected chi connectivity index (χ2v) is 7.72. The zero-order chi connectivity index (χ0) is 19.4. The van der Waals surface area contributed by atoms with E-state index in [2.05, 4.69) is 10.6 Å². The number of fused-ring (bicyclic) bond motifs is 1. The number of ether oxygens (including phenoxy) is 2. The van der Waals surface area contributed by atoms with E-state index < -0.39 is 11.5 Å². The normalized spacial score (nSPS) is 19.8. The van der Waals surface area contributed by atoms with Gasteiger partial charge in [-0.1, -0.05) is 32.3 Å². The van der Waals surface area contributed by atoms with Crippen LogP contribution in [0.5, 0.6) is 11.5 Å². The van der Waals surface area contributed by atoms with Crippen LogP contribution in [0.3, 0.4) is 0 Å². The molecule has 1 aliphatic heterocycles. The molecular formula is C21H30N2O4. The van der Waals surface area contributed by atoms with Crippen LogP contribution in [-0.4, -0.2) is 30.7 Å². The third kappa shape index (κ3) is 4.04. The monoisotopic (exact) mass is 374 g/mol. The minimum atomic E-state index is -0.621. The van der Waals surface area contributed by atoms with E-state index in [1.165, 1.54) is 0 Å². The largest absolute Gasteiger partial charge is 0.454 e. The zero-order valence-electron chi connectivity index (χ0n) is 16.5. The molecule has 0 aromatic heterocycles. The van der Waals surface area contributed by atoms with Gasteiger partial charge in [0.15, 0.2) is 11.5 Å². The van der Waals surface area contributed by atoms with Crippen molar-refractivity contribution in [2.45, 2.75) is 76.8 Å². The number of hydrogen-bond acceptors (Lipinski definition) is 4. The van der Waals surface area contributed by atoms with Crippen molar-refractivity contribution in [1.29, 1.82) is 0 Å². The number of rotatable bonds is 6. The summed E-state index contributed by atoms with van der Waals surface area (Å²) in [6.45, 7) is 5.93. The van der Waals surface area contributed by atoms with E-state index in [9.17, 15) is 9.59 Å². The number of carbonyl (C=O) groups excluding carboxylic acids is 2. The molecule has 0 bridgehead atoms. The molecule has 6 nitrogen and oxygen atoms in total. The fourth-order valence-electron chi connectivity index (χ4n) is 3.87. The lowest BCUT2D eigenvalue weighted by Crippen LogP contribution is -2.53. The Balaban J connectivity index is 1.80. The van der Waals surface area contributed by atoms with Crippen molar-refractivity contribution in [3.05, 3.63) is 23.8 Å². The van der Waals surface area contributed by atoms with Crippen LogP contribution in [0, 0.1) is 0 Å². The first-order valence-corrected chi connectivity index (χ1v) is 9.98. The highest BCUT2D eigenvalue weighted by atomic mass is 16.7. The van der Waals surface area contributed by atoms with Crippen molar-refractivity contribution in [3.63, 3.8) is 0 Å². The molecule has 1 aromatic carbocycles. The molecule has 1 aromatic rings. The molecule has 1 saturated carbocycles. The van der Waals surface area contributed by atoms with Crippen LogP contribution in [0.25, 0.3) is 0 Å². The first-order chi connectivity index (χ1) is 13.0. The number of carbonyl (C=O) groups is 2. The Kier molecular flexibility index (Phi) is 5.92. The fraction of sp³-hybridized carbons (Fsp3) is 0.619. The lowest BCUT2D eigenvalue weighted by atomic mass is 9.68. The van der Waals surface area contributed by atoms with E-state index in [4.69, 9.17) is 9.47 Å². The second kappa shape index (κ2) is 8.19. The smallest absolute Gasteiger partial charge is 0.242 e. The first kappa shape index (κ1) is 19.5. The lowest BCUT2D eigenvalue weighted by molar-refractivity contribution is -0.133. The predicted octanol–water partition coefficient (Wildman–Crippen LogP) is 3.04. The minimum absolute atomic E-state index is 0.0760. The summed E-state index contributed by atoms with van der Waals surface area (Å²) in [6.07, 6.45) is 5.53. The summed E-state index contributed by atoms with van der Waals surface area (Å²) < 4.78 is 10.9. The number of benzene rings is 1. The lowest BCUT2D eigenvalue weighted by Gasteiger charge is -2.37. The minimum Gasteiger partial charge on any atom is -0.454 e. The molecule has 2 atom stereocenters. The van der Waals surface area contributed by atoms with Gasteiger partial charge in [0.2, 0.25) is 18.6 Å². The number of amides is 2. The highest BCUT2D eigenvalue weighted by Gasteiger charge is 2.42. The Labute approximate surface area is 161 Å². The maximum atomic E-state index is 13.3. The molecule has 2 aliphatic rings. The molecule has 3 rings (SSSR count). The SMILES string of the molecule is CCC(C)NC(=O)C(C)NC(=O)C1(c2ccc3c(c2)OCO3)CCCCC1. The van der Waals surface area contributed by atoms with E-state index in [-0.39, 0.29) is 24.6 Å². The van der Waals surface area contributed by atoms with Crippen LogP contribution in [-0.2, 0) is 15.0 Å². The van der Waals surface area contributed by atoms with Gasteiger partial charge in [-0.2, -0.15) is 0 Å². The highest BCUT2D eigenvalue weighted by Crippen LogP contribution is 2.43. The standard InChI is InChI=1S/C21H30N2O4/c1-4-14(2)22-19(24)15(3)23-20(25)21(10-6-5-7-11-21)16-8-9-17-18(12-16)27-13-26-17/h8-9,12,14-15H,4-7,10-11,13H2,1-3H3,(H,22,24)(H,23,25). The summed E-state index contributed by atoms with van der Waals surface area (Å²) in [5.41, 5.74) is 0.322. The van der Waals surface area contributed by atoms with E-state index in [0.29, 0.717) is 11.5 Å². The summed E-state index contributed by atoms with van der Waals surface area (Å²) in [5.74, 6) is 1.18. The van der Waals surface area contributed by atoms with Gasteiger partial charge in [-0.25, -0.2) is 0 Å². The van der Waals surface area contributed by atoms with Crippen LogP contribution in [0.1, 0.15) is 64.9 Å². The first-order valence-electron chi connectivity index (χ1n) is 9.98. The van der Waals surface area contributed by atoms with Crippen molar-refractivity contribution in [3.8, 4) is 11.5 Å². The van der Waals surface area contributed by atoms with Crippen molar-refractivity contribution in [2.24, 2.45) is 0 Å². The van der Waals surface area contributed by atoms with Crippen LogP contribution >= 0.6 is 0 Å². The van der Waals surface area contributed by atoms with Gasteiger partial charge >= 0.3 is 0 Å². The van der Waals surface area contributed by atoms with Crippen molar-refractivity contribution in [1.82, 2.24) is 10.6 Å². The van der Waals surface area contributed by atoms with Gasteiger partial charge in [0.25, 0.3) is 0 Å². The molecule has 1 aliphatic carbocycles. The quantitative estimate of drug-likeness (QED) is 0.802. The molecule has 0 saturated heterocycles. The fourth-order valence-corrected chi connectivity index (χ4v) is 3.87. The van der Waals surface area contributed by atoms with Crippen molar-refractivity contribution in [2.75, 3.05) is 6.79 Å². The predicted molar refractivity (Wildman–Crippen MR) is 103 cm³/mol. The Morgan fingerprint density at radius 3 is 2.48 bits per heavy atom. The van der Waals surface area contributed by atoms with E-state index in [1.54, 1.807) is 6.92 Å². The Morgan fingerprint density at radius 1 is 1.07 bits per heavy atom. The molecule has 6 heteroatoms. The summed E-state index contributed by atoms with van der Waals surface area (Å²) in [5, 5.41) is 5.90. The molecule has 148 valence electrons. The molecule has 1 heterocycles. The van der Waals surface area contributed by atoms with E-state index in [1.807, 2.05) is 32.0 Å². The molecule has 2 amide bonds. The molecule has 0 spiro atoms. The highest BCUT2D eigenvalue weighted by molar-refractivity contribution is 5.93. The molecule has 27 heavy (non-hydrogen) atoms. The van der Waals surface area contributed by atoms with E-state index in [0.717, 1.165) is 44.1 Å². The van der Waals surface area contributed by atoms with Gasteiger partial charge < -0.3 is 20.1 Å². The second-order valence-electron chi connectivity index (χ2n) is 7.72. The number of hydrogen-bond donors (Lipinski definition) is 2. The average molecular weight is 374 g/mol. The Hall–Kier alpha value is -2.24. The third-order valence-electron chi connectivity index (χ3n) is 5.81. The summed E-state index contributed by atoms with van der Waals surface area (Å²) >= 11 is 0. The van der Waals surface area contributed by atoms with Gasteiger partial charge in [0.1, 0.15) is 6.04 Å². The molecule has 1 fully saturated rings.